The minimum atomic E-state index is -4.23. The lowest BCUT2D eigenvalue weighted by molar-refractivity contribution is -0.139. The molecule has 1 saturated heterocycles. The van der Waals surface area contributed by atoms with E-state index in [0.29, 0.717) is 24.5 Å². The average molecular weight is 478 g/mol. The zero-order chi connectivity index (χ0) is 23.3. The van der Waals surface area contributed by atoms with E-state index in [2.05, 4.69) is 5.32 Å². The highest BCUT2D eigenvalue weighted by Crippen LogP contribution is 2.19. The third-order valence-corrected chi connectivity index (χ3v) is 7.31. The van der Waals surface area contributed by atoms with Gasteiger partial charge in [0.15, 0.2) is 0 Å². The first kappa shape index (κ1) is 23.7. The summed E-state index contributed by atoms with van der Waals surface area (Å²) in [4.78, 5) is 40.9. The van der Waals surface area contributed by atoms with E-state index in [0.717, 1.165) is 0 Å². The molecule has 10 heteroatoms. The first-order valence-corrected chi connectivity index (χ1v) is 12.1. The maximum absolute atomic E-state index is 13.3. The number of carbonyl (C=O) groups excluding carboxylic acids is 3. The second-order valence-electron chi connectivity index (χ2n) is 7.28. The van der Waals surface area contributed by atoms with Crippen LogP contribution in [0.15, 0.2) is 59.5 Å². The number of rotatable bonds is 6. The summed E-state index contributed by atoms with van der Waals surface area (Å²) in [6.07, 6.45) is 0.356. The molecule has 0 bridgehead atoms. The van der Waals surface area contributed by atoms with Crippen LogP contribution in [-0.4, -0.2) is 67.5 Å². The highest BCUT2D eigenvalue weighted by Gasteiger charge is 2.39. The molecule has 0 unspecified atom stereocenters. The van der Waals surface area contributed by atoms with Gasteiger partial charge in [0.1, 0.15) is 0 Å². The lowest BCUT2D eigenvalue weighted by Crippen LogP contribution is -2.57. The van der Waals surface area contributed by atoms with Gasteiger partial charge in [0.25, 0.3) is 11.8 Å². The quantitative estimate of drug-likeness (QED) is 0.684. The molecule has 0 aliphatic carbocycles. The molecule has 1 atom stereocenters. The smallest absolute Gasteiger partial charge is 0.261 e. The van der Waals surface area contributed by atoms with Crippen LogP contribution in [0.4, 0.5) is 0 Å². The summed E-state index contributed by atoms with van der Waals surface area (Å²) in [5.74, 6) is -1.50. The Morgan fingerprint density at radius 2 is 1.59 bits per heavy atom. The third kappa shape index (κ3) is 5.28. The van der Waals surface area contributed by atoms with Crippen LogP contribution in [0.1, 0.15) is 23.7 Å². The fourth-order valence-corrected chi connectivity index (χ4v) is 5.09. The number of halogens is 1. The van der Waals surface area contributed by atoms with E-state index in [1.165, 1.54) is 29.2 Å². The van der Waals surface area contributed by atoms with Gasteiger partial charge in [0.05, 0.1) is 4.90 Å². The summed E-state index contributed by atoms with van der Waals surface area (Å²) in [5.41, 5.74) is 0.136. The van der Waals surface area contributed by atoms with E-state index in [9.17, 15) is 22.8 Å². The molecule has 0 saturated carbocycles. The van der Waals surface area contributed by atoms with E-state index in [1.54, 1.807) is 42.2 Å². The van der Waals surface area contributed by atoms with Crippen LogP contribution in [-0.2, 0) is 19.4 Å². The zero-order valence-electron chi connectivity index (χ0n) is 17.5. The highest BCUT2D eigenvalue weighted by atomic mass is 35.5. The maximum Gasteiger partial charge on any atom is 0.261 e. The summed E-state index contributed by atoms with van der Waals surface area (Å²) >= 11 is 5.94. The minimum Gasteiger partial charge on any atom is -0.339 e. The van der Waals surface area contributed by atoms with Crippen LogP contribution in [0.25, 0.3) is 0 Å². The molecule has 0 radical (unpaired) electrons. The van der Waals surface area contributed by atoms with E-state index >= 15 is 0 Å². The monoisotopic (exact) mass is 477 g/mol. The predicted octanol–water partition coefficient (Wildman–Crippen LogP) is 1.95. The molecule has 8 nitrogen and oxygen atoms in total. The van der Waals surface area contributed by atoms with Crippen molar-refractivity contribution in [2.24, 2.45) is 0 Å². The lowest BCUT2D eigenvalue weighted by atomic mass is 10.2. The average Bonchev–Trinajstić information content (AvgIpc) is 2.82. The molecule has 1 heterocycles. The summed E-state index contributed by atoms with van der Waals surface area (Å²) in [5, 5.41) is 0.878. The Balaban J connectivity index is 1.88. The predicted molar refractivity (Wildman–Crippen MR) is 120 cm³/mol. The molecule has 2 aromatic rings. The number of hydrogen-bond acceptors (Lipinski definition) is 5. The molecule has 1 fully saturated rings. The SMILES string of the molecule is CCC(=O)N1CCN(C(=O)[C@H](NC(=O)c2cccc(Cl)c2)S(=O)(=O)c2ccccc2)CC1. The van der Waals surface area contributed by atoms with Gasteiger partial charge in [-0.25, -0.2) is 8.42 Å². The van der Waals surface area contributed by atoms with Crippen molar-refractivity contribution < 1.29 is 22.8 Å². The van der Waals surface area contributed by atoms with Gasteiger partial charge in [-0.3, -0.25) is 14.4 Å². The van der Waals surface area contributed by atoms with Gasteiger partial charge in [-0.15, -0.1) is 0 Å². The molecule has 1 aliphatic heterocycles. The summed E-state index contributed by atoms with van der Waals surface area (Å²) < 4.78 is 26.6. The van der Waals surface area contributed by atoms with Gasteiger partial charge in [-0.05, 0) is 30.3 Å². The van der Waals surface area contributed by atoms with E-state index in [-0.39, 0.29) is 29.5 Å². The van der Waals surface area contributed by atoms with Crippen LogP contribution in [0, 0.1) is 0 Å². The fourth-order valence-electron chi connectivity index (χ4n) is 3.42. The van der Waals surface area contributed by atoms with Crippen molar-refractivity contribution in [1.82, 2.24) is 15.1 Å². The van der Waals surface area contributed by atoms with Gasteiger partial charge < -0.3 is 15.1 Å². The standard InChI is InChI=1S/C22H24ClN3O5S/c1-2-19(27)25-11-13-26(14-12-25)22(29)21(32(30,31)18-9-4-3-5-10-18)24-20(28)16-7-6-8-17(23)15-16/h3-10,15,21H,2,11-14H2,1H3,(H,24,28)/t21-/m1/s1. The number of piperazine rings is 1. The van der Waals surface area contributed by atoms with Crippen LogP contribution < -0.4 is 5.32 Å². The summed E-state index contributed by atoms with van der Waals surface area (Å²) in [6.45, 7) is 2.72. The van der Waals surface area contributed by atoms with Crippen molar-refractivity contribution >= 4 is 39.2 Å². The lowest BCUT2D eigenvalue weighted by Gasteiger charge is -2.36. The number of nitrogens with zero attached hydrogens (tertiary/aromatic N) is 2. The van der Waals surface area contributed by atoms with Crippen LogP contribution in [0.5, 0.6) is 0 Å². The van der Waals surface area contributed by atoms with Crippen molar-refractivity contribution in [1.29, 1.82) is 0 Å². The normalized spacial score (nSPS) is 15.2. The van der Waals surface area contributed by atoms with Gasteiger partial charge in [0, 0.05) is 43.2 Å². The Bertz CT molecular complexity index is 1100. The third-order valence-electron chi connectivity index (χ3n) is 5.20. The van der Waals surface area contributed by atoms with E-state index in [4.69, 9.17) is 11.6 Å². The largest absolute Gasteiger partial charge is 0.339 e. The number of carbonyl (C=O) groups is 3. The van der Waals surface area contributed by atoms with Crippen LogP contribution >= 0.6 is 11.6 Å². The van der Waals surface area contributed by atoms with E-state index < -0.39 is 27.0 Å². The Morgan fingerprint density at radius 1 is 0.969 bits per heavy atom. The maximum atomic E-state index is 13.3. The molecule has 32 heavy (non-hydrogen) atoms. The second kappa shape index (κ2) is 10.1. The number of amides is 3. The minimum absolute atomic E-state index is 0.0279. The molecule has 0 spiro atoms. The fraction of sp³-hybridized carbons (Fsp3) is 0.318. The molecule has 3 amide bonds. The Morgan fingerprint density at radius 3 is 2.19 bits per heavy atom. The van der Waals surface area contributed by atoms with Crippen molar-refractivity contribution in [3.63, 3.8) is 0 Å². The topological polar surface area (TPSA) is 104 Å². The van der Waals surface area contributed by atoms with Crippen molar-refractivity contribution in [2.45, 2.75) is 23.6 Å². The zero-order valence-corrected chi connectivity index (χ0v) is 19.1. The van der Waals surface area contributed by atoms with Crippen molar-refractivity contribution in [2.75, 3.05) is 26.2 Å². The molecule has 3 rings (SSSR count). The molecule has 170 valence electrons. The number of hydrogen-bond donors (Lipinski definition) is 1. The van der Waals surface area contributed by atoms with Crippen molar-refractivity contribution in [3.8, 4) is 0 Å². The van der Waals surface area contributed by atoms with Gasteiger partial charge in [-0.1, -0.05) is 42.8 Å². The molecule has 2 aromatic carbocycles. The van der Waals surface area contributed by atoms with E-state index in [1.807, 2.05) is 0 Å². The molecular formula is C22H24ClN3O5S. The van der Waals surface area contributed by atoms with Crippen molar-refractivity contribution in [3.05, 3.63) is 65.2 Å². The van der Waals surface area contributed by atoms with Gasteiger partial charge >= 0.3 is 0 Å². The number of nitrogens with one attached hydrogen (secondary N) is 1. The van der Waals surface area contributed by atoms with Crippen LogP contribution in [0.3, 0.4) is 0 Å². The molecular weight excluding hydrogens is 454 g/mol. The first-order chi connectivity index (χ1) is 15.2. The van der Waals surface area contributed by atoms with Gasteiger partial charge in [0.2, 0.25) is 21.1 Å². The molecule has 0 aromatic heterocycles. The summed E-state index contributed by atoms with van der Waals surface area (Å²) in [7, 11) is -4.23. The summed E-state index contributed by atoms with van der Waals surface area (Å²) in [6, 6.07) is 13.5. The number of benzene rings is 2. The molecule has 1 N–H and O–H groups in total. The van der Waals surface area contributed by atoms with Gasteiger partial charge in [-0.2, -0.15) is 0 Å². The first-order valence-electron chi connectivity index (χ1n) is 10.2. The Hall–Kier alpha value is -2.91. The van der Waals surface area contributed by atoms with Crippen LogP contribution in [0.2, 0.25) is 5.02 Å². The Labute approximate surface area is 192 Å². The number of sulfone groups is 1. The molecule has 1 aliphatic rings. The highest BCUT2D eigenvalue weighted by molar-refractivity contribution is 7.92. The second-order valence-corrected chi connectivity index (χ2v) is 9.75. The Kier molecular flexibility index (Phi) is 7.52.